The van der Waals surface area contributed by atoms with E-state index in [0.29, 0.717) is 3.58 Å². The summed E-state index contributed by atoms with van der Waals surface area (Å²) in [6.45, 7) is 0. The van der Waals surface area contributed by atoms with Gasteiger partial charge in [0.25, 0.3) is 0 Å². The first-order chi connectivity index (χ1) is 13.6. The molecule has 0 aliphatic carbocycles. The van der Waals surface area contributed by atoms with Gasteiger partial charge in [-0.05, 0) is 0 Å². The predicted octanol–water partition coefficient (Wildman–Crippen LogP) is 7.67. The minimum atomic E-state index is -6.92. The molecule has 0 saturated carbocycles. The molecule has 180 valence electrons. The number of benzene rings is 1. The summed E-state index contributed by atoms with van der Waals surface area (Å²) in [5.41, 5.74) is -0.891. The van der Waals surface area contributed by atoms with Crippen LogP contribution in [0.4, 0.5) is 52.7 Å². The molecular formula is C17H17F12ISn. The van der Waals surface area contributed by atoms with E-state index in [1.165, 1.54) is 34.7 Å². The van der Waals surface area contributed by atoms with Crippen molar-refractivity contribution < 1.29 is 52.7 Å². The van der Waals surface area contributed by atoms with Crippen LogP contribution in [0.5, 0.6) is 0 Å². The van der Waals surface area contributed by atoms with Gasteiger partial charge in [0.2, 0.25) is 0 Å². The van der Waals surface area contributed by atoms with Gasteiger partial charge in [-0.2, -0.15) is 0 Å². The van der Waals surface area contributed by atoms with Crippen LogP contribution in [0, 0.1) is 0 Å². The predicted molar refractivity (Wildman–Crippen MR) is 101 cm³/mol. The van der Waals surface area contributed by atoms with Crippen LogP contribution in [0.2, 0.25) is 14.3 Å². The molecule has 0 bridgehead atoms. The Hall–Kier alpha value is -0.0913. The Labute approximate surface area is 187 Å². The van der Waals surface area contributed by atoms with Crippen molar-refractivity contribution in [2.75, 3.05) is 0 Å². The molecule has 1 aromatic carbocycles. The fourth-order valence-corrected chi connectivity index (χ4v) is 12.2. The molecule has 1 rings (SSSR count). The van der Waals surface area contributed by atoms with Gasteiger partial charge in [0.1, 0.15) is 0 Å². The van der Waals surface area contributed by atoms with Gasteiger partial charge in [0, 0.05) is 0 Å². The molecule has 1 unspecified atom stereocenters. The van der Waals surface area contributed by atoms with Crippen molar-refractivity contribution in [3.63, 3.8) is 0 Å². The molecule has 0 fully saturated rings. The van der Waals surface area contributed by atoms with Crippen LogP contribution in [-0.4, -0.2) is 46.2 Å². The first kappa shape index (κ1) is 28.9. The van der Waals surface area contributed by atoms with Gasteiger partial charge in [-0.15, -0.1) is 0 Å². The van der Waals surface area contributed by atoms with E-state index in [2.05, 4.69) is 0 Å². The number of alkyl halides is 13. The number of rotatable bonds is 8. The van der Waals surface area contributed by atoms with E-state index in [9.17, 15) is 52.7 Å². The molecular weight excluding hydrogens is 678 g/mol. The first-order valence-electron chi connectivity index (χ1n) is 8.58. The maximum atomic E-state index is 13.8. The summed E-state index contributed by atoms with van der Waals surface area (Å²) in [5.74, 6) is -19.2. The van der Waals surface area contributed by atoms with Crippen LogP contribution in [-0.2, 0) is 6.18 Å². The van der Waals surface area contributed by atoms with Crippen LogP contribution >= 0.6 is 22.6 Å². The molecule has 0 aromatic heterocycles. The van der Waals surface area contributed by atoms with Crippen LogP contribution < -0.4 is 3.58 Å². The van der Waals surface area contributed by atoms with Gasteiger partial charge in [0.05, 0.1) is 0 Å². The normalized spacial score (nSPS) is 15.8. The third kappa shape index (κ3) is 6.49. The number of halogens is 13. The number of hydrogen-bond acceptors (Lipinski definition) is 0. The van der Waals surface area contributed by atoms with Gasteiger partial charge in [-0.25, -0.2) is 0 Å². The molecule has 0 spiro atoms. The standard InChI is InChI=1S/C8H7F9I.C7H4F3.2CH3.Sn/c1-2-4(18)3-5(9,10)6(11,12)7(13,14)8(15,16)17;8-7(9,10)6-4-2-1-3-5-6;;;/h4H,1-3H2;2-5H;2*1H3;. The zero-order chi connectivity index (χ0) is 24.7. The van der Waals surface area contributed by atoms with Crippen LogP contribution in [0.3, 0.4) is 0 Å². The van der Waals surface area contributed by atoms with Crippen LogP contribution in [0.1, 0.15) is 18.4 Å². The van der Waals surface area contributed by atoms with E-state index in [0.717, 1.165) is 12.1 Å². The summed E-state index contributed by atoms with van der Waals surface area (Å²) in [6.07, 6.45) is -13.5. The van der Waals surface area contributed by atoms with E-state index < -0.39 is 64.4 Å². The van der Waals surface area contributed by atoms with E-state index in [4.69, 9.17) is 0 Å². The van der Waals surface area contributed by atoms with Gasteiger partial charge in [0.15, 0.2) is 0 Å². The van der Waals surface area contributed by atoms with E-state index in [1.54, 1.807) is 9.88 Å². The Kier molecular flexibility index (Phi) is 8.66. The molecule has 0 saturated heterocycles. The van der Waals surface area contributed by atoms with Crippen molar-refractivity contribution >= 4 is 44.5 Å². The Morgan fingerprint density at radius 2 is 1.23 bits per heavy atom. The molecule has 31 heavy (non-hydrogen) atoms. The van der Waals surface area contributed by atoms with Gasteiger partial charge >= 0.3 is 188 Å². The van der Waals surface area contributed by atoms with E-state index >= 15 is 0 Å². The van der Waals surface area contributed by atoms with Gasteiger partial charge in [-0.1, -0.05) is 0 Å². The molecule has 14 heteroatoms. The van der Waals surface area contributed by atoms with Gasteiger partial charge < -0.3 is 0 Å². The molecule has 0 heterocycles. The molecule has 1 atom stereocenters. The molecule has 0 amide bonds. The Bertz CT molecular complexity index is 737. The Morgan fingerprint density at radius 3 is 1.61 bits per heavy atom. The zero-order valence-electron chi connectivity index (χ0n) is 15.9. The molecule has 0 radical (unpaired) electrons. The minimum absolute atomic E-state index is 0.172. The van der Waals surface area contributed by atoms with Gasteiger partial charge in [-0.3, -0.25) is 0 Å². The second-order valence-corrected chi connectivity index (χ2v) is 23.2. The Morgan fingerprint density at radius 1 is 0.774 bits per heavy atom. The monoisotopic (exact) mass is 696 g/mol. The summed E-state index contributed by atoms with van der Waals surface area (Å²) in [4.78, 5) is 3.48. The molecule has 0 N–H and O–H groups in total. The van der Waals surface area contributed by atoms with Crippen LogP contribution in [0.25, 0.3) is 0 Å². The molecule has 0 nitrogen and oxygen atoms in total. The SMILES string of the molecule is [CH3][Sn]([CH3])([CH2]CC(I)CC(F)(F)C(F)(F)C(F)(F)C(F)(F)F)[c]1ccc(C(F)(F)F)cc1. The van der Waals surface area contributed by atoms with Crippen molar-refractivity contribution in [3.8, 4) is 0 Å². The zero-order valence-corrected chi connectivity index (χ0v) is 20.9. The summed E-state index contributed by atoms with van der Waals surface area (Å²) in [5, 5.41) is 0. The Balaban J connectivity index is 2.88. The maximum absolute atomic E-state index is 13.8. The fraction of sp³-hybridized carbons (Fsp3) is 0.647. The van der Waals surface area contributed by atoms with Crippen molar-refractivity contribution in [3.05, 3.63) is 29.8 Å². The van der Waals surface area contributed by atoms with Crippen molar-refractivity contribution in [1.82, 2.24) is 0 Å². The summed E-state index contributed by atoms with van der Waals surface area (Å²) >= 11 is -2.10. The third-order valence-electron chi connectivity index (χ3n) is 4.76. The number of hydrogen-bond donors (Lipinski definition) is 0. The summed E-state index contributed by atoms with van der Waals surface area (Å²) < 4.78 is 154. The fourth-order valence-electron chi connectivity index (χ4n) is 2.69. The second kappa shape index (κ2) is 9.28. The average molecular weight is 695 g/mol. The quantitative estimate of drug-likeness (QED) is 0.113. The van der Waals surface area contributed by atoms with Crippen molar-refractivity contribution in [1.29, 1.82) is 0 Å². The molecule has 0 aliphatic rings. The summed E-state index contributed by atoms with van der Waals surface area (Å²) in [6, 6.07) is 4.19. The van der Waals surface area contributed by atoms with Crippen LogP contribution in [0.15, 0.2) is 24.3 Å². The van der Waals surface area contributed by atoms with Crippen molar-refractivity contribution in [2.24, 2.45) is 0 Å². The summed E-state index contributed by atoms with van der Waals surface area (Å²) in [7, 11) is 0. The van der Waals surface area contributed by atoms with Crippen molar-refractivity contribution in [2.45, 2.75) is 61.2 Å². The topological polar surface area (TPSA) is 0 Å². The average Bonchev–Trinajstić information content (AvgIpc) is 2.58. The molecule has 1 aromatic rings. The second-order valence-electron chi connectivity index (χ2n) is 7.65. The third-order valence-corrected chi connectivity index (χ3v) is 15.6. The molecule has 0 aliphatic heterocycles. The van der Waals surface area contributed by atoms with E-state index in [1.807, 2.05) is 0 Å². The van der Waals surface area contributed by atoms with E-state index in [-0.39, 0.29) is 10.9 Å². The first-order valence-corrected chi connectivity index (χ1v) is 19.0.